The van der Waals surface area contributed by atoms with E-state index in [4.69, 9.17) is 0 Å². The summed E-state index contributed by atoms with van der Waals surface area (Å²) in [5.41, 5.74) is 2.19. The average molecular weight is 337 g/mol. The number of aromatic nitrogens is 2. The van der Waals surface area contributed by atoms with Crippen molar-refractivity contribution in [3.63, 3.8) is 0 Å². The number of fused-ring (bicyclic) bond motifs is 1. The third kappa shape index (κ3) is 1.17. The minimum atomic E-state index is 1.00. The summed E-state index contributed by atoms with van der Waals surface area (Å²) >= 11 is 5.76. The molecule has 0 atom stereocenters. The van der Waals surface area contributed by atoms with Gasteiger partial charge in [-0.3, -0.25) is 4.40 Å². The molecule has 0 aliphatic carbocycles. The Morgan fingerprint density at radius 3 is 3.00 bits per heavy atom. The van der Waals surface area contributed by atoms with Crippen LogP contribution in [0.2, 0.25) is 0 Å². The van der Waals surface area contributed by atoms with Crippen molar-refractivity contribution in [2.24, 2.45) is 0 Å². The van der Waals surface area contributed by atoms with E-state index in [1.54, 1.807) is 0 Å². The van der Waals surface area contributed by atoms with Crippen LogP contribution in [-0.2, 0) is 0 Å². The van der Waals surface area contributed by atoms with Gasteiger partial charge in [-0.2, -0.15) is 0 Å². The van der Waals surface area contributed by atoms with Gasteiger partial charge in [-0.15, -0.1) is 0 Å². The van der Waals surface area contributed by atoms with Crippen LogP contribution < -0.4 is 0 Å². The van der Waals surface area contributed by atoms with Crippen LogP contribution >= 0.6 is 38.5 Å². The minimum Gasteiger partial charge on any atom is -0.291 e. The van der Waals surface area contributed by atoms with E-state index in [0.29, 0.717) is 0 Å². The Morgan fingerprint density at radius 2 is 2.25 bits per heavy atom. The van der Waals surface area contributed by atoms with Crippen LogP contribution in [0.25, 0.3) is 5.65 Å². The molecule has 0 bridgehead atoms. The zero-order valence-electron chi connectivity index (χ0n) is 6.38. The summed E-state index contributed by atoms with van der Waals surface area (Å²) < 4.78 is 4.37. The molecular formula is C8H6BrIN2. The Bertz CT molecular complexity index is 436. The molecule has 0 aliphatic heterocycles. The molecule has 0 fully saturated rings. The maximum absolute atomic E-state index is 4.25. The zero-order chi connectivity index (χ0) is 8.72. The van der Waals surface area contributed by atoms with Crippen molar-refractivity contribution in [1.82, 2.24) is 9.38 Å². The first-order valence-corrected chi connectivity index (χ1v) is 5.35. The zero-order valence-corrected chi connectivity index (χ0v) is 10.1. The molecule has 2 rings (SSSR count). The van der Waals surface area contributed by atoms with Crippen molar-refractivity contribution >= 4 is 44.2 Å². The number of hydrogen-bond acceptors (Lipinski definition) is 1. The van der Waals surface area contributed by atoms with Gasteiger partial charge in [0, 0.05) is 10.2 Å². The third-order valence-electron chi connectivity index (χ3n) is 1.81. The normalized spacial score (nSPS) is 10.9. The predicted molar refractivity (Wildman–Crippen MR) is 60.3 cm³/mol. The smallest absolute Gasteiger partial charge is 0.137 e. The van der Waals surface area contributed by atoms with Gasteiger partial charge in [-0.05, 0) is 57.6 Å². The van der Waals surface area contributed by atoms with E-state index in [0.717, 1.165) is 13.8 Å². The van der Waals surface area contributed by atoms with Crippen molar-refractivity contribution in [1.29, 1.82) is 0 Å². The second-order valence-corrected chi connectivity index (χ2v) is 4.50. The lowest BCUT2D eigenvalue weighted by Crippen LogP contribution is -1.93. The number of pyridine rings is 1. The largest absolute Gasteiger partial charge is 0.291 e. The lowest BCUT2D eigenvalue weighted by atomic mass is 10.4. The summed E-state index contributed by atoms with van der Waals surface area (Å²) in [7, 11) is 0. The molecule has 0 N–H and O–H groups in total. The molecule has 12 heavy (non-hydrogen) atoms. The number of aryl methyl sites for hydroxylation is 1. The van der Waals surface area contributed by atoms with Crippen LogP contribution in [0.4, 0.5) is 0 Å². The van der Waals surface area contributed by atoms with Crippen molar-refractivity contribution in [2.45, 2.75) is 6.92 Å². The van der Waals surface area contributed by atoms with Gasteiger partial charge in [0.25, 0.3) is 0 Å². The van der Waals surface area contributed by atoms with Gasteiger partial charge in [-0.1, -0.05) is 0 Å². The summed E-state index contributed by atoms with van der Waals surface area (Å²) in [5, 5.41) is 0. The second kappa shape index (κ2) is 2.99. The van der Waals surface area contributed by atoms with Gasteiger partial charge in [0.2, 0.25) is 0 Å². The Labute approximate surface area is 92.3 Å². The van der Waals surface area contributed by atoms with E-state index in [1.165, 1.54) is 5.69 Å². The first-order chi connectivity index (χ1) is 5.70. The fourth-order valence-electron chi connectivity index (χ4n) is 1.17. The quantitative estimate of drug-likeness (QED) is 0.676. The Morgan fingerprint density at radius 1 is 1.50 bits per heavy atom. The van der Waals surface area contributed by atoms with E-state index in [9.17, 15) is 0 Å². The van der Waals surface area contributed by atoms with Crippen molar-refractivity contribution < 1.29 is 0 Å². The number of imidazole rings is 1. The van der Waals surface area contributed by atoms with Crippen LogP contribution in [0.1, 0.15) is 5.69 Å². The first-order valence-electron chi connectivity index (χ1n) is 3.48. The van der Waals surface area contributed by atoms with Crippen LogP contribution in [-0.4, -0.2) is 9.38 Å². The summed E-state index contributed by atoms with van der Waals surface area (Å²) in [6, 6.07) is 4.02. The van der Waals surface area contributed by atoms with Gasteiger partial charge in [0.05, 0.1) is 6.20 Å². The fraction of sp³-hybridized carbons (Fsp3) is 0.125. The summed E-state index contributed by atoms with van der Waals surface area (Å²) in [6.07, 6.45) is 1.87. The number of rotatable bonds is 0. The summed E-state index contributed by atoms with van der Waals surface area (Å²) in [6.45, 7) is 2.07. The number of hydrogen-bond donors (Lipinski definition) is 0. The lowest BCUT2D eigenvalue weighted by Gasteiger charge is -2.02. The molecule has 62 valence electrons. The van der Waals surface area contributed by atoms with E-state index in [1.807, 2.05) is 18.3 Å². The highest BCUT2D eigenvalue weighted by Crippen LogP contribution is 2.19. The van der Waals surface area contributed by atoms with Crippen LogP contribution in [0, 0.1) is 10.6 Å². The van der Waals surface area contributed by atoms with Gasteiger partial charge in [-0.25, -0.2) is 4.98 Å². The van der Waals surface area contributed by atoms with Crippen LogP contribution in [0.3, 0.4) is 0 Å². The molecule has 0 saturated heterocycles. The second-order valence-electron chi connectivity index (χ2n) is 2.54. The van der Waals surface area contributed by atoms with Gasteiger partial charge in [0.1, 0.15) is 9.35 Å². The van der Waals surface area contributed by atoms with Gasteiger partial charge in [0.15, 0.2) is 0 Å². The predicted octanol–water partition coefficient (Wildman–Crippen LogP) is 3.01. The molecule has 0 aromatic carbocycles. The molecule has 4 heteroatoms. The van der Waals surface area contributed by atoms with E-state index < -0.39 is 0 Å². The van der Waals surface area contributed by atoms with Gasteiger partial charge >= 0.3 is 0 Å². The molecule has 0 aliphatic rings. The summed E-state index contributed by atoms with van der Waals surface area (Å²) in [5.74, 6) is 0. The molecule has 2 heterocycles. The SMILES string of the molecule is Cc1c(Br)ccc2ncc(I)n12. The molecule has 0 amide bonds. The molecule has 0 spiro atoms. The lowest BCUT2D eigenvalue weighted by molar-refractivity contribution is 1.05. The van der Waals surface area contributed by atoms with Gasteiger partial charge < -0.3 is 0 Å². The van der Waals surface area contributed by atoms with Crippen LogP contribution in [0.15, 0.2) is 22.8 Å². The average Bonchev–Trinajstić information content (AvgIpc) is 2.41. The van der Waals surface area contributed by atoms with Crippen molar-refractivity contribution in [2.75, 3.05) is 0 Å². The van der Waals surface area contributed by atoms with E-state index in [-0.39, 0.29) is 0 Å². The maximum atomic E-state index is 4.25. The monoisotopic (exact) mass is 336 g/mol. The van der Waals surface area contributed by atoms with Crippen molar-refractivity contribution in [3.05, 3.63) is 32.2 Å². The number of nitrogens with zero attached hydrogens (tertiary/aromatic N) is 2. The minimum absolute atomic E-state index is 1.00. The molecule has 0 saturated carbocycles. The maximum Gasteiger partial charge on any atom is 0.137 e. The Hall–Kier alpha value is -0.100. The van der Waals surface area contributed by atoms with Crippen LogP contribution in [0.5, 0.6) is 0 Å². The molecule has 2 nitrogen and oxygen atoms in total. The topological polar surface area (TPSA) is 17.3 Å². The highest BCUT2D eigenvalue weighted by molar-refractivity contribution is 14.1. The van der Waals surface area contributed by atoms with Crippen molar-refractivity contribution in [3.8, 4) is 0 Å². The molecule has 2 aromatic rings. The fourth-order valence-corrected chi connectivity index (χ4v) is 2.23. The Balaban J connectivity index is 2.96. The highest BCUT2D eigenvalue weighted by atomic mass is 127. The van der Waals surface area contributed by atoms with E-state index in [2.05, 4.69) is 54.8 Å². The number of halogens is 2. The standard InChI is InChI=1S/C8H6BrIN2/c1-5-6(9)2-3-8-11-4-7(10)12(5)8/h2-4H,1H3. The van der Waals surface area contributed by atoms with E-state index >= 15 is 0 Å². The summed E-state index contributed by atoms with van der Waals surface area (Å²) in [4.78, 5) is 4.25. The third-order valence-corrected chi connectivity index (χ3v) is 3.40. The molecule has 2 aromatic heterocycles. The Kier molecular flexibility index (Phi) is 2.12. The molecular weight excluding hydrogens is 331 g/mol. The molecule has 0 unspecified atom stereocenters. The first kappa shape index (κ1) is 8.50. The highest BCUT2D eigenvalue weighted by Gasteiger charge is 2.04. The molecule has 0 radical (unpaired) electrons.